The van der Waals surface area contributed by atoms with Crippen LogP contribution in [0.1, 0.15) is 39.0 Å². The summed E-state index contributed by atoms with van der Waals surface area (Å²) in [5.74, 6) is 1.28. The van der Waals surface area contributed by atoms with Crippen molar-refractivity contribution in [3.05, 3.63) is 0 Å². The van der Waals surface area contributed by atoms with Crippen LogP contribution in [0.4, 0.5) is 0 Å². The van der Waals surface area contributed by atoms with E-state index in [4.69, 9.17) is 11.1 Å². The van der Waals surface area contributed by atoms with Gasteiger partial charge in [-0.1, -0.05) is 0 Å². The van der Waals surface area contributed by atoms with Crippen LogP contribution in [0.2, 0.25) is 0 Å². The van der Waals surface area contributed by atoms with Crippen molar-refractivity contribution in [2.45, 2.75) is 51.1 Å². The second kappa shape index (κ2) is 3.89. The Bertz CT molecular complexity index is 219. The molecule has 1 unspecified atom stereocenters. The Balaban J connectivity index is 1.83. The molecule has 0 heterocycles. The molecule has 14 heavy (non-hydrogen) atoms. The number of nitrogens with zero attached hydrogens (tertiary/aromatic N) is 1. The highest BCUT2D eigenvalue weighted by Gasteiger charge is 2.36. The first kappa shape index (κ1) is 9.97. The average Bonchev–Trinajstić information content (AvgIpc) is 2.94. The van der Waals surface area contributed by atoms with E-state index in [0.717, 1.165) is 18.4 Å². The molecule has 3 heteroatoms. The molecule has 2 fully saturated rings. The van der Waals surface area contributed by atoms with Crippen LogP contribution in [0.15, 0.2) is 0 Å². The van der Waals surface area contributed by atoms with Gasteiger partial charge in [0.15, 0.2) is 0 Å². The van der Waals surface area contributed by atoms with E-state index in [0.29, 0.717) is 11.9 Å². The summed E-state index contributed by atoms with van der Waals surface area (Å²) in [5.41, 5.74) is 5.45. The van der Waals surface area contributed by atoms with Gasteiger partial charge < -0.3 is 5.73 Å². The van der Waals surface area contributed by atoms with Gasteiger partial charge >= 0.3 is 0 Å². The Morgan fingerprint density at radius 2 is 2.07 bits per heavy atom. The molecule has 0 bridgehead atoms. The Kier molecular flexibility index (Phi) is 2.77. The maximum absolute atomic E-state index is 7.33. The molecule has 3 nitrogen and oxygen atoms in total. The normalized spacial score (nSPS) is 23.9. The number of nitrogens with two attached hydrogens (primary N) is 1. The maximum atomic E-state index is 7.33. The first-order valence-electron chi connectivity index (χ1n) is 5.75. The summed E-state index contributed by atoms with van der Waals surface area (Å²) >= 11 is 0. The summed E-state index contributed by atoms with van der Waals surface area (Å²) in [5, 5.41) is 7.33. The van der Waals surface area contributed by atoms with Gasteiger partial charge in [0.1, 0.15) is 0 Å². The Hall–Kier alpha value is -0.570. The molecule has 0 aromatic rings. The quantitative estimate of drug-likeness (QED) is 0.499. The highest BCUT2D eigenvalue weighted by molar-refractivity contribution is 5.77. The van der Waals surface area contributed by atoms with E-state index < -0.39 is 0 Å². The molecular formula is C11H21N3. The van der Waals surface area contributed by atoms with Crippen molar-refractivity contribution in [3.8, 4) is 0 Å². The van der Waals surface area contributed by atoms with Crippen LogP contribution >= 0.6 is 0 Å². The van der Waals surface area contributed by atoms with E-state index in [2.05, 4.69) is 11.8 Å². The zero-order valence-electron chi connectivity index (χ0n) is 9.00. The van der Waals surface area contributed by atoms with Crippen molar-refractivity contribution in [2.75, 3.05) is 6.54 Å². The Morgan fingerprint density at radius 3 is 2.50 bits per heavy atom. The summed E-state index contributed by atoms with van der Waals surface area (Å²) in [6.45, 7) is 3.46. The molecule has 2 aliphatic carbocycles. The molecule has 0 aromatic carbocycles. The van der Waals surface area contributed by atoms with Gasteiger partial charge in [-0.25, -0.2) is 0 Å². The first-order chi connectivity index (χ1) is 6.66. The van der Waals surface area contributed by atoms with Gasteiger partial charge in [-0.05, 0) is 38.5 Å². The summed E-state index contributed by atoms with van der Waals surface area (Å²) in [6, 6.07) is 1.28. The van der Waals surface area contributed by atoms with Gasteiger partial charge in [-0.2, -0.15) is 0 Å². The highest BCUT2D eigenvalue weighted by Crippen LogP contribution is 2.36. The van der Waals surface area contributed by atoms with Crippen LogP contribution < -0.4 is 5.73 Å². The lowest BCUT2D eigenvalue weighted by Gasteiger charge is -2.28. The van der Waals surface area contributed by atoms with Crippen molar-refractivity contribution in [3.63, 3.8) is 0 Å². The van der Waals surface area contributed by atoms with E-state index in [1.165, 1.54) is 32.2 Å². The van der Waals surface area contributed by atoms with E-state index >= 15 is 0 Å². The summed E-state index contributed by atoms with van der Waals surface area (Å²) in [6.07, 6.45) is 6.28. The summed E-state index contributed by atoms with van der Waals surface area (Å²) in [7, 11) is 0. The minimum Gasteiger partial charge on any atom is -0.388 e. The SMILES string of the molecule is CC(CC(=N)N)N(CC1CC1)C1CC1. The van der Waals surface area contributed by atoms with Crippen LogP contribution in [0.5, 0.6) is 0 Å². The Morgan fingerprint density at radius 1 is 1.43 bits per heavy atom. The molecule has 2 saturated carbocycles. The first-order valence-corrected chi connectivity index (χ1v) is 5.75. The van der Waals surface area contributed by atoms with Gasteiger partial charge in [0.2, 0.25) is 0 Å². The van der Waals surface area contributed by atoms with Crippen LogP contribution in [0.25, 0.3) is 0 Å². The summed E-state index contributed by atoms with van der Waals surface area (Å²) in [4.78, 5) is 2.58. The van der Waals surface area contributed by atoms with Crippen molar-refractivity contribution in [2.24, 2.45) is 11.7 Å². The molecule has 2 rings (SSSR count). The van der Waals surface area contributed by atoms with Gasteiger partial charge in [-0.3, -0.25) is 10.3 Å². The van der Waals surface area contributed by atoms with Gasteiger partial charge in [0, 0.05) is 25.0 Å². The lowest BCUT2D eigenvalue weighted by molar-refractivity contribution is 0.193. The second-order valence-electron chi connectivity index (χ2n) is 4.95. The maximum Gasteiger partial charge on any atom is 0.0920 e. The molecule has 0 saturated heterocycles. The topological polar surface area (TPSA) is 53.1 Å². The fourth-order valence-corrected chi connectivity index (χ4v) is 2.13. The summed E-state index contributed by atoms with van der Waals surface area (Å²) < 4.78 is 0. The number of rotatable bonds is 6. The van der Waals surface area contributed by atoms with Crippen molar-refractivity contribution < 1.29 is 0 Å². The molecule has 80 valence electrons. The third-order valence-corrected chi connectivity index (χ3v) is 3.26. The van der Waals surface area contributed by atoms with Crippen LogP contribution in [0, 0.1) is 11.3 Å². The van der Waals surface area contributed by atoms with Crippen molar-refractivity contribution in [1.29, 1.82) is 5.41 Å². The zero-order chi connectivity index (χ0) is 10.1. The predicted molar refractivity (Wildman–Crippen MR) is 58.4 cm³/mol. The van der Waals surface area contributed by atoms with E-state index in [1.807, 2.05) is 0 Å². The fourth-order valence-electron chi connectivity index (χ4n) is 2.13. The fraction of sp³-hybridized carbons (Fsp3) is 0.909. The van der Waals surface area contributed by atoms with Crippen LogP contribution in [0.3, 0.4) is 0 Å². The average molecular weight is 195 g/mol. The van der Waals surface area contributed by atoms with Gasteiger partial charge in [0.25, 0.3) is 0 Å². The van der Waals surface area contributed by atoms with Crippen molar-refractivity contribution >= 4 is 5.84 Å². The largest absolute Gasteiger partial charge is 0.388 e. The number of nitrogens with one attached hydrogen (secondary N) is 1. The molecule has 0 spiro atoms. The zero-order valence-corrected chi connectivity index (χ0v) is 9.00. The third-order valence-electron chi connectivity index (χ3n) is 3.26. The van der Waals surface area contributed by atoms with Gasteiger partial charge in [-0.15, -0.1) is 0 Å². The van der Waals surface area contributed by atoms with Crippen molar-refractivity contribution in [1.82, 2.24) is 4.90 Å². The van der Waals surface area contributed by atoms with Crippen LogP contribution in [-0.4, -0.2) is 29.4 Å². The van der Waals surface area contributed by atoms with Crippen LogP contribution in [-0.2, 0) is 0 Å². The number of amidine groups is 1. The molecule has 0 amide bonds. The van der Waals surface area contributed by atoms with E-state index in [9.17, 15) is 0 Å². The standard InChI is InChI=1S/C11H21N3/c1-8(6-11(12)13)14(10-4-5-10)7-9-2-3-9/h8-10H,2-7H2,1H3,(H3,12,13). The monoisotopic (exact) mass is 195 g/mol. The Labute approximate surface area is 86.2 Å². The minimum atomic E-state index is 0.332. The second-order valence-corrected chi connectivity index (χ2v) is 4.95. The van der Waals surface area contributed by atoms with E-state index in [-0.39, 0.29) is 0 Å². The number of hydrogen-bond donors (Lipinski definition) is 2. The van der Waals surface area contributed by atoms with Gasteiger partial charge in [0.05, 0.1) is 5.84 Å². The molecule has 1 atom stereocenters. The molecule has 2 aliphatic rings. The lowest BCUT2D eigenvalue weighted by atomic mass is 10.1. The predicted octanol–water partition coefficient (Wildman–Crippen LogP) is 1.58. The lowest BCUT2D eigenvalue weighted by Crippen LogP contribution is -2.39. The molecule has 0 aliphatic heterocycles. The smallest absolute Gasteiger partial charge is 0.0920 e. The molecular weight excluding hydrogens is 174 g/mol. The molecule has 0 aromatic heterocycles. The van der Waals surface area contributed by atoms with E-state index in [1.54, 1.807) is 0 Å². The minimum absolute atomic E-state index is 0.332. The molecule has 0 radical (unpaired) electrons. The third kappa shape index (κ3) is 2.71. The molecule has 3 N–H and O–H groups in total. The number of hydrogen-bond acceptors (Lipinski definition) is 2. The highest BCUT2D eigenvalue weighted by atomic mass is 15.2.